The molecule has 0 bridgehead atoms. The summed E-state index contributed by atoms with van der Waals surface area (Å²) in [4.78, 5) is 10.2. The van der Waals surface area contributed by atoms with E-state index in [1.54, 1.807) is 0 Å². The van der Waals surface area contributed by atoms with Gasteiger partial charge in [-0.05, 0) is 120 Å². The van der Waals surface area contributed by atoms with Crippen molar-refractivity contribution in [2.45, 2.75) is 51.7 Å². The maximum Gasteiger partial charge on any atom is 0.494 e. The summed E-state index contributed by atoms with van der Waals surface area (Å²) in [7, 11) is -0.570. The lowest BCUT2D eigenvalue weighted by Gasteiger charge is -2.32. The largest absolute Gasteiger partial charge is 0.494 e. The third-order valence-electron chi connectivity index (χ3n) is 12.9. The summed E-state index contributed by atoms with van der Waals surface area (Å²) in [5.74, 6) is 0. The molecule has 1 fully saturated rings. The summed E-state index contributed by atoms with van der Waals surface area (Å²) < 4.78 is 13.6. The van der Waals surface area contributed by atoms with E-state index in [2.05, 4.69) is 210 Å². The van der Waals surface area contributed by atoms with Crippen LogP contribution in [0.1, 0.15) is 46.1 Å². The molecule has 8 aromatic rings. The van der Waals surface area contributed by atoms with Crippen LogP contribution >= 0.6 is 0 Å². The van der Waals surface area contributed by atoms with Crippen LogP contribution in [0.4, 0.5) is 0 Å². The fourth-order valence-electron chi connectivity index (χ4n) is 8.80. The van der Waals surface area contributed by atoms with E-state index in [1.807, 2.05) is 18.3 Å². The topological polar surface area (TPSA) is 44.2 Å². The molecule has 306 valence electrons. The van der Waals surface area contributed by atoms with Gasteiger partial charge in [-0.25, -0.2) is 0 Å². The lowest BCUT2D eigenvalue weighted by Crippen LogP contribution is -2.41. The van der Waals surface area contributed by atoms with Crippen LogP contribution in [0.2, 0.25) is 0 Å². The Morgan fingerprint density at radius 2 is 0.857 bits per heavy atom. The van der Waals surface area contributed by atoms with Crippen molar-refractivity contribution >= 4 is 18.2 Å². The van der Waals surface area contributed by atoms with Crippen LogP contribution in [-0.2, 0) is 9.31 Å². The van der Waals surface area contributed by atoms with Gasteiger partial charge in [-0.1, -0.05) is 170 Å². The van der Waals surface area contributed by atoms with Gasteiger partial charge in [0.1, 0.15) is 0 Å². The summed E-state index contributed by atoms with van der Waals surface area (Å²) in [5.41, 5.74) is 17.3. The summed E-state index contributed by atoms with van der Waals surface area (Å²) in [6.45, 7) is 8.45. The highest BCUT2D eigenvalue weighted by Crippen LogP contribution is 2.44. The number of rotatable bonds is 9. The molecule has 0 spiro atoms. The molecule has 0 radical (unpaired) electrons. The van der Waals surface area contributed by atoms with E-state index in [1.165, 1.54) is 11.1 Å². The van der Waals surface area contributed by atoms with Crippen molar-refractivity contribution in [2.75, 3.05) is 0 Å². The van der Waals surface area contributed by atoms with E-state index >= 15 is 0 Å². The van der Waals surface area contributed by atoms with Crippen molar-refractivity contribution in [3.8, 4) is 78.1 Å². The molecular weight excluding hydrogens is 767 g/mol. The zero-order chi connectivity index (χ0) is 43.0. The molecule has 0 N–H and O–H groups in total. The molecule has 2 aromatic heterocycles. The van der Waals surface area contributed by atoms with E-state index in [0.717, 1.165) is 96.5 Å². The number of pyridine rings is 2. The fourth-order valence-corrected chi connectivity index (χ4v) is 8.80. The maximum atomic E-state index is 6.79. The Labute approximate surface area is 371 Å². The predicted octanol–water partition coefficient (Wildman–Crippen LogP) is 14.2. The third-order valence-corrected chi connectivity index (χ3v) is 12.9. The molecule has 0 atom stereocenters. The molecule has 1 saturated heterocycles. The molecule has 0 unspecified atom stereocenters. The molecule has 2 aliphatic rings. The smallest absolute Gasteiger partial charge is 0.399 e. The molecule has 63 heavy (non-hydrogen) atoms. The zero-order valence-electron chi connectivity index (χ0n) is 36.3. The van der Waals surface area contributed by atoms with E-state index in [9.17, 15) is 0 Å². The molecule has 0 amide bonds. The highest BCUT2D eigenvalue weighted by Gasteiger charge is 2.52. The van der Waals surface area contributed by atoms with Crippen LogP contribution in [0.25, 0.3) is 83.7 Å². The van der Waals surface area contributed by atoms with Gasteiger partial charge in [0.05, 0.1) is 22.6 Å². The number of hydrogen-bond donors (Lipinski definition) is 0. The van der Waals surface area contributed by atoms with Gasteiger partial charge in [-0.3, -0.25) is 9.97 Å². The van der Waals surface area contributed by atoms with Gasteiger partial charge in [-0.15, -0.1) is 0 Å². The second kappa shape index (κ2) is 16.7. The first-order valence-electron chi connectivity index (χ1n) is 22.0. The lowest BCUT2D eigenvalue weighted by molar-refractivity contribution is 0.00578. The Balaban J connectivity index is 1.17. The fraction of sp³-hybridized carbons (Fsp3) is 0.138. The minimum absolute atomic E-state index is 0.511. The minimum Gasteiger partial charge on any atom is -0.399 e. The molecule has 10 rings (SSSR count). The van der Waals surface area contributed by atoms with Crippen LogP contribution in [0.5, 0.6) is 0 Å². The summed E-state index contributed by atoms with van der Waals surface area (Å²) >= 11 is 0. The van der Waals surface area contributed by atoms with E-state index < -0.39 is 18.3 Å². The number of benzene rings is 6. The van der Waals surface area contributed by atoms with Crippen molar-refractivity contribution in [3.63, 3.8) is 0 Å². The van der Waals surface area contributed by atoms with Gasteiger partial charge in [0, 0.05) is 34.6 Å². The summed E-state index contributed by atoms with van der Waals surface area (Å²) in [6, 6.07) is 60.2. The lowest BCUT2D eigenvalue weighted by atomic mass is 9.75. The maximum absolute atomic E-state index is 6.79. The average Bonchev–Trinajstić information content (AvgIpc) is 3.57. The Bertz CT molecular complexity index is 2990. The molecule has 1 aliphatic heterocycles. The molecule has 4 nitrogen and oxygen atoms in total. The molecule has 1 aliphatic carbocycles. The zero-order valence-corrected chi connectivity index (χ0v) is 36.3. The second-order valence-corrected chi connectivity index (χ2v) is 17.5. The van der Waals surface area contributed by atoms with Gasteiger partial charge in [0.2, 0.25) is 0 Å². The second-order valence-electron chi connectivity index (χ2n) is 17.5. The quantitative estimate of drug-likeness (QED) is 0.136. The summed E-state index contributed by atoms with van der Waals surface area (Å²) in [5, 5.41) is 0. The highest BCUT2D eigenvalue weighted by atomic mass is 16.7. The Morgan fingerprint density at radius 3 is 1.35 bits per heavy atom. The van der Waals surface area contributed by atoms with Crippen molar-refractivity contribution in [1.82, 2.24) is 9.97 Å². The van der Waals surface area contributed by atoms with Crippen molar-refractivity contribution < 1.29 is 9.31 Å². The number of nitrogens with zero attached hydrogens (tertiary/aromatic N) is 2. The molecule has 0 saturated carbocycles. The van der Waals surface area contributed by atoms with Crippen LogP contribution < -0.4 is 5.46 Å². The number of hydrogen-bond acceptors (Lipinski definition) is 4. The number of aromatic nitrogens is 2. The molecular formula is C58H49BN2O2. The summed E-state index contributed by atoms with van der Waals surface area (Å²) in [6.07, 6.45) is 13.0. The Morgan fingerprint density at radius 1 is 0.413 bits per heavy atom. The number of allylic oxidation sites excluding steroid dienone is 4. The van der Waals surface area contributed by atoms with Crippen LogP contribution in [0, 0.1) is 0 Å². The Kier molecular flexibility index (Phi) is 10.7. The first-order chi connectivity index (χ1) is 30.7. The highest BCUT2D eigenvalue weighted by molar-refractivity contribution is 6.62. The third kappa shape index (κ3) is 7.91. The molecule has 5 heteroatoms. The van der Waals surface area contributed by atoms with E-state index in [-0.39, 0.29) is 0 Å². The van der Waals surface area contributed by atoms with Gasteiger partial charge in [-0.2, -0.15) is 0 Å². The molecule has 6 aromatic carbocycles. The van der Waals surface area contributed by atoms with Gasteiger partial charge in [0.25, 0.3) is 0 Å². The normalized spacial score (nSPS) is 15.3. The van der Waals surface area contributed by atoms with Crippen LogP contribution in [0.15, 0.2) is 200 Å². The van der Waals surface area contributed by atoms with Gasteiger partial charge >= 0.3 is 7.12 Å². The van der Waals surface area contributed by atoms with E-state index in [4.69, 9.17) is 19.3 Å². The van der Waals surface area contributed by atoms with Crippen LogP contribution in [-0.4, -0.2) is 28.3 Å². The predicted molar refractivity (Wildman–Crippen MR) is 262 cm³/mol. The van der Waals surface area contributed by atoms with Crippen LogP contribution in [0.3, 0.4) is 0 Å². The SMILES string of the molecule is CC1(C)OB(c2cc(-c3ccccc3-c3cnc(-c4ccccc4)cc3C3=CCCC=C3)cc(-c3ccccc3-c3cnc(-c4ccccc4)cc3-c3ccccc3)c2)OC1(C)C. The monoisotopic (exact) mass is 816 g/mol. The first-order valence-corrected chi connectivity index (χ1v) is 22.0. The van der Waals surface area contributed by atoms with Gasteiger partial charge < -0.3 is 9.31 Å². The Hall–Kier alpha value is -6.92. The van der Waals surface area contributed by atoms with Gasteiger partial charge in [0.15, 0.2) is 0 Å². The standard InChI is InChI=1S/C58H49BN2O2/c1-57(2)58(3,4)63-59(62-57)46-34-44(47-29-17-19-31-49(47)53-38-60-55(42-25-13-7-14-26-42)36-51(53)40-21-9-5-10-22-40)33-45(35-46)48-30-18-20-32-50(48)54-39-61-56(43-27-15-8-16-28-43)37-52(54)41-23-11-6-12-24-41/h5,7-11,13-39H,6,12H2,1-4H3. The van der Waals surface area contributed by atoms with Crippen molar-refractivity contribution in [3.05, 3.63) is 206 Å². The van der Waals surface area contributed by atoms with E-state index in [0.29, 0.717) is 0 Å². The molecule has 3 heterocycles. The first kappa shape index (κ1) is 40.2. The average molecular weight is 817 g/mol. The van der Waals surface area contributed by atoms with Crippen molar-refractivity contribution in [1.29, 1.82) is 0 Å². The minimum atomic E-state index is -0.570. The van der Waals surface area contributed by atoms with Crippen molar-refractivity contribution in [2.24, 2.45) is 0 Å².